The lowest BCUT2D eigenvalue weighted by Gasteiger charge is -2.13. The number of hydrogen-bond donors (Lipinski definition) is 2. The van der Waals surface area contributed by atoms with Crippen molar-refractivity contribution in [3.05, 3.63) is 29.5 Å². The molecule has 0 aliphatic heterocycles. The first-order valence-corrected chi connectivity index (χ1v) is 7.09. The smallest absolute Gasteiger partial charge is 0.161 e. The van der Waals surface area contributed by atoms with Crippen molar-refractivity contribution in [1.82, 2.24) is 9.97 Å². The van der Waals surface area contributed by atoms with Gasteiger partial charge in [-0.3, -0.25) is 0 Å². The first-order valence-electron chi connectivity index (χ1n) is 7.09. The molecule has 2 rings (SSSR count). The van der Waals surface area contributed by atoms with Gasteiger partial charge in [-0.15, -0.1) is 0 Å². The van der Waals surface area contributed by atoms with Crippen LogP contribution in [0.1, 0.15) is 25.1 Å². The van der Waals surface area contributed by atoms with Crippen LogP contribution < -0.4 is 10.1 Å². The van der Waals surface area contributed by atoms with Gasteiger partial charge in [-0.2, -0.15) is 0 Å². The van der Waals surface area contributed by atoms with Gasteiger partial charge in [0.1, 0.15) is 5.82 Å². The molecule has 1 aromatic heterocycles. The third-order valence-electron chi connectivity index (χ3n) is 3.36. The Kier molecular flexibility index (Phi) is 4.62. The number of nitrogens with one attached hydrogen (secondary N) is 1. The first-order chi connectivity index (χ1) is 10.1. The number of aromatic nitrogens is 2. The molecule has 0 bridgehead atoms. The summed E-state index contributed by atoms with van der Waals surface area (Å²) in [7, 11) is 1.52. The minimum absolute atomic E-state index is 0.107. The van der Waals surface area contributed by atoms with Gasteiger partial charge in [0.15, 0.2) is 17.3 Å². The second-order valence-corrected chi connectivity index (χ2v) is 4.74. The monoisotopic (exact) mass is 287 g/mol. The van der Waals surface area contributed by atoms with Gasteiger partial charge in [-0.1, -0.05) is 6.92 Å². The molecule has 0 unspecified atom stereocenters. The van der Waals surface area contributed by atoms with Crippen LogP contribution in [0, 0.1) is 6.92 Å². The lowest BCUT2D eigenvalue weighted by molar-refractivity contribution is 0.373. The predicted molar refractivity (Wildman–Crippen MR) is 84.0 cm³/mol. The molecule has 0 spiro atoms. The molecule has 0 aliphatic carbocycles. The van der Waals surface area contributed by atoms with Crippen molar-refractivity contribution in [3.63, 3.8) is 0 Å². The Morgan fingerprint density at radius 1 is 1.24 bits per heavy atom. The van der Waals surface area contributed by atoms with Crippen LogP contribution in [0.3, 0.4) is 0 Å². The largest absolute Gasteiger partial charge is 0.504 e. The lowest BCUT2D eigenvalue weighted by atomic mass is 10.1. The van der Waals surface area contributed by atoms with Gasteiger partial charge < -0.3 is 15.2 Å². The predicted octanol–water partition coefficient (Wildman–Crippen LogP) is 3.16. The van der Waals surface area contributed by atoms with E-state index in [4.69, 9.17) is 4.74 Å². The molecule has 2 N–H and O–H groups in total. The quantitative estimate of drug-likeness (QED) is 0.884. The van der Waals surface area contributed by atoms with E-state index in [1.54, 1.807) is 18.2 Å². The fourth-order valence-corrected chi connectivity index (χ4v) is 2.19. The minimum atomic E-state index is 0.107. The van der Waals surface area contributed by atoms with E-state index in [1.807, 2.05) is 13.8 Å². The summed E-state index contributed by atoms with van der Waals surface area (Å²) in [6, 6.07) is 5.13. The van der Waals surface area contributed by atoms with E-state index < -0.39 is 0 Å². The Morgan fingerprint density at radius 3 is 2.62 bits per heavy atom. The number of rotatable bonds is 5. The molecule has 0 fully saturated rings. The average molecular weight is 287 g/mol. The number of benzene rings is 1. The van der Waals surface area contributed by atoms with Crippen LogP contribution in [0.25, 0.3) is 11.4 Å². The zero-order chi connectivity index (χ0) is 15.4. The standard InChI is InChI=1S/C16H21N3O2/c1-5-12-10(3)15(17-6-2)19-16(18-12)11-7-8-13(20)14(9-11)21-4/h7-9,20H,5-6H2,1-4H3,(H,17,18,19). The van der Waals surface area contributed by atoms with Crippen LogP contribution in [-0.4, -0.2) is 28.7 Å². The molecule has 0 radical (unpaired) electrons. The average Bonchev–Trinajstić information content (AvgIpc) is 2.50. The fraction of sp³-hybridized carbons (Fsp3) is 0.375. The Balaban J connectivity index is 2.55. The summed E-state index contributed by atoms with van der Waals surface area (Å²) in [6.07, 6.45) is 0.842. The van der Waals surface area contributed by atoms with Gasteiger partial charge in [0.2, 0.25) is 0 Å². The van der Waals surface area contributed by atoms with E-state index >= 15 is 0 Å². The second-order valence-electron chi connectivity index (χ2n) is 4.74. The Hall–Kier alpha value is -2.30. The number of phenols is 1. The second kappa shape index (κ2) is 6.43. The molecule has 1 aromatic carbocycles. The number of hydrogen-bond acceptors (Lipinski definition) is 5. The normalized spacial score (nSPS) is 10.5. The Labute approximate surface area is 125 Å². The molecule has 112 valence electrons. The number of aryl methyl sites for hydroxylation is 1. The summed E-state index contributed by atoms with van der Waals surface area (Å²) in [5.74, 6) is 2.01. The van der Waals surface area contributed by atoms with Gasteiger partial charge in [0.25, 0.3) is 0 Å². The van der Waals surface area contributed by atoms with Crippen molar-refractivity contribution in [2.45, 2.75) is 27.2 Å². The number of anilines is 1. The third-order valence-corrected chi connectivity index (χ3v) is 3.36. The summed E-state index contributed by atoms with van der Waals surface area (Å²) < 4.78 is 5.14. The molecular weight excluding hydrogens is 266 g/mol. The van der Waals surface area contributed by atoms with Gasteiger partial charge >= 0.3 is 0 Å². The molecular formula is C16H21N3O2. The summed E-state index contributed by atoms with van der Waals surface area (Å²) >= 11 is 0. The minimum Gasteiger partial charge on any atom is -0.504 e. The highest BCUT2D eigenvalue weighted by atomic mass is 16.5. The van der Waals surface area contributed by atoms with E-state index in [1.165, 1.54) is 7.11 Å². The van der Waals surface area contributed by atoms with Crippen molar-refractivity contribution in [2.24, 2.45) is 0 Å². The summed E-state index contributed by atoms with van der Waals surface area (Å²) in [6.45, 7) is 6.94. The number of nitrogens with zero attached hydrogens (tertiary/aromatic N) is 2. The van der Waals surface area contributed by atoms with E-state index in [0.717, 1.165) is 35.6 Å². The fourth-order valence-electron chi connectivity index (χ4n) is 2.19. The molecule has 5 nitrogen and oxygen atoms in total. The van der Waals surface area contributed by atoms with Crippen LogP contribution in [0.2, 0.25) is 0 Å². The van der Waals surface area contributed by atoms with Gasteiger partial charge in [0, 0.05) is 23.4 Å². The molecule has 21 heavy (non-hydrogen) atoms. The Morgan fingerprint density at radius 2 is 2.00 bits per heavy atom. The van der Waals surface area contributed by atoms with Crippen LogP contribution in [0.4, 0.5) is 5.82 Å². The van der Waals surface area contributed by atoms with Crippen LogP contribution in [-0.2, 0) is 6.42 Å². The molecule has 0 saturated carbocycles. The third kappa shape index (κ3) is 3.07. The molecule has 0 amide bonds. The van der Waals surface area contributed by atoms with Gasteiger partial charge in [-0.05, 0) is 38.5 Å². The van der Waals surface area contributed by atoms with Gasteiger partial charge in [0.05, 0.1) is 7.11 Å². The van der Waals surface area contributed by atoms with Gasteiger partial charge in [-0.25, -0.2) is 9.97 Å². The first kappa shape index (κ1) is 15.1. The number of ether oxygens (including phenoxy) is 1. The highest BCUT2D eigenvalue weighted by Gasteiger charge is 2.12. The van der Waals surface area contributed by atoms with E-state index in [2.05, 4.69) is 22.2 Å². The lowest BCUT2D eigenvalue weighted by Crippen LogP contribution is -2.07. The maximum Gasteiger partial charge on any atom is 0.161 e. The van der Waals surface area contributed by atoms with Crippen molar-refractivity contribution < 1.29 is 9.84 Å². The highest BCUT2D eigenvalue weighted by molar-refractivity contribution is 5.63. The molecule has 2 aromatic rings. The SMILES string of the molecule is CCNc1nc(-c2ccc(O)c(OC)c2)nc(CC)c1C. The van der Waals surface area contributed by atoms with Crippen LogP contribution in [0.5, 0.6) is 11.5 Å². The molecule has 1 heterocycles. The highest BCUT2D eigenvalue weighted by Crippen LogP contribution is 2.31. The zero-order valence-electron chi connectivity index (χ0n) is 12.9. The van der Waals surface area contributed by atoms with Crippen molar-refractivity contribution in [1.29, 1.82) is 0 Å². The van der Waals surface area contributed by atoms with E-state index in [9.17, 15) is 5.11 Å². The van der Waals surface area contributed by atoms with E-state index in [-0.39, 0.29) is 5.75 Å². The zero-order valence-corrected chi connectivity index (χ0v) is 12.9. The maximum atomic E-state index is 9.69. The number of methoxy groups -OCH3 is 1. The van der Waals surface area contributed by atoms with Crippen molar-refractivity contribution in [2.75, 3.05) is 19.0 Å². The maximum absolute atomic E-state index is 9.69. The van der Waals surface area contributed by atoms with Crippen molar-refractivity contribution >= 4 is 5.82 Å². The number of aromatic hydroxyl groups is 1. The Bertz CT molecular complexity index is 642. The summed E-state index contributed by atoms with van der Waals surface area (Å²) in [5.41, 5.74) is 2.91. The van der Waals surface area contributed by atoms with Crippen LogP contribution >= 0.6 is 0 Å². The molecule has 0 aliphatic rings. The molecule has 0 saturated heterocycles. The molecule has 0 atom stereocenters. The van der Waals surface area contributed by atoms with Crippen molar-refractivity contribution in [3.8, 4) is 22.9 Å². The number of phenolic OH excluding ortho intramolecular Hbond substituents is 1. The molecule has 5 heteroatoms. The summed E-state index contributed by atoms with van der Waals surface area (Å²) in [5, 5.41) is 13.0. The topological polar surface area (TPSA) is 67.3 Å². The van der Waals surface area contributed by atoms with E-state index in [0.29, 0.717) is 11.6 Å². The van der Waals surface area contributed by atoms with Crippen LogP contribution in [0.15, 0.2) is 18.2 Å². The summed E-state index contributed by atoms with van der Waals surface area (Å²) in [4.78, 5) is 9.21.